The van der Waals surface area contributed by atoms with Crippen molar-refractivity contribution in [3.05, 3.63) is 35.4 Å². The van der Waals surface area contributed by atoms with Crippen molar-refractivity contribution in [1.82, 2.24) is 4.90 Å². The Labute approximate surface area is 125 Å². The van der Waals surface area contributed by atoms with Gasteiger partial charge >= 0.3 is 0 Å². The average Bonchev–Trinajstić information content (AvgIpc) is 2.39. The minimum absolute atomic E-state index is 0.188. The molecule has 0 saturated heterocycles. The zero-order valence-corrected chi connectivity index (χ0v) is 13.9. The molecule has 0 aromatic heterocycles. The lowest BCUT2D eigenvalue weighted by atomic mass is 9.92. The lowest BCUT2D eigenvalue weighted by molar-refractivity contribution is 0.176. The molecular formula is C18H32N2. The zero-order valence-electron chi connectivity index (χ0n) is 13.9. The molecule has 1 aromatic rings. The van der Waals surface area contributed by atoms with Crippen molar-refractivity contribution in [2.24, 2.45) is 11.1 Å². The smallest absolute Gasteiger partial charge is 0.0233 e. The topological polar surface area (TPSA) is 29.3 Å². The number of benzene rings is 1. The summed E-state index contributed by atoms with van der Waals surface area (Å²) < 4.78 is 0. The third-order valence-corrected chi connectivity index (χ3v) is 3.80. The number of rotatable bonds is 8. The molecule has 0 atom stereocenters. The summed E-state index contributed by atoms with van der Waals surface area (Å²) in [6.07, 6.45) is 1.19. The lowest BCUT2D eigenvalue weighted by Crippen LogP contribution is -2.38. The summed E-state index contributed by atoms with van der Waals surface area (Å²) in [4.78, 5) is 2.53. The normalized spacial score (nSPS) is 12.4. The first-order chi connectivity index (χ1) is 9.38. The van der Waals surface area contributed by atoms with Gasteiger partial charge in [-0.2, -0.15) is 0 Å². The molecular weight excluding hydrogens is 244 g/mol. The van der Waals surface area contributed by atoms with E-state index in [0.717, 1.165) is 26.2 Å². The Morgan fingerprint density at radius 2 is 1.75 bits per heavy atom. The highest BCUT2D eigenvalue weighted by atomic mass is 15.1. The Hall–Kier alpha value is -0.860. The SMILES string of the molecule is CCCN(Cc1ccc(C(C)C)cc1)CC(C)(C)CN. The van der Waals surface area contributed by atoms with E-state index in [9.17, 15) is 0 Å². The highest BCUT2D eigenvalue weighted by Crippen LogP contribution is 2.19. The van der Waals surface area contributed by atoms with Crippen LogP contribution in [0.25, 0.3) is 0 Å². The third-order valence-electron chi connectivity index (χ3n) is 3.80. The molecule has 0 aliphatic rings. The molecule has 0 amide bonds. The molecule has 0 bridgehead atoms. The molecule has 1 rings (SSSR count). The predicted octanol–water partition coefficient (Wildman–Crippen LogP) is 4.01. The van der Waals surface area contributed by atoms with Crippen LogP contribution < -0.4 is 5.73 Å². The van der Waals surface area contributed by atoms with Crippen LogP contribution in [0.3, 0.4) is 0 Å². The summed E-state index contributed by atoms with van der Waals surface area (Å²) in [5.74, 6) is 0.604. The van der Waals surface area contributed by atoms with E-state index in [1.165, 1.54) is 17.5 Å². The van der Waals surface area contributed by atoms with E-state index in [1.54, 1.807) is 0 Å². The van der Waals surface area contributed by atoms with Crippen LogP contribution in [0.15, 0.2) is 24.3 Å². The maximum Gasteiger partial charge on any atom is 0.0233 e. The van der Waals surface area contributed by atoms with E-state index in [2.05, 4.69) is 63.8 Å². The van der Waals surface area contributed by atoms with Gasteiger partial charge in [-0.3, -0.25) is 4.90 Å². The summed E-state index contributed by atoms with van der Waals surface area (Å²) in [7, 11) is 0. The highest BCUT2D eigenvalue weighted by molar-refractivity contribution is 5.24. The molecule has 114 valence electrons. The van der Waals surface area contributed by atoms with Crippen LogP contribution in [0.2, 0.25) is 0 Å². The molecule has 0 fully saturated rings. The molecule has 2 N–H and O–H groups in total. The van der Waals surface area contributed by atoms with Gasteiger partial charge in [0.25, 0.3) is 0 Å². The van der Waals surface area contributed by atoms with E-state index in [-0.39, 0.29) is 5.41 Å². The summed E-state index contributed by atoms with van der Waals surface area (Å²) in [6.45, 7) is 15.2. The number of hydrogen-bond acceptors (Lipinski definition) is 2. The van der Waals surface area contributed by atoms with Gasteiger partial charge in [0.15, 0.2) is 0 Å². The minimum Gasteiger partial charge on any atom is -0.330 e. The van der Waals surface area contributed by atoms with Crippen LogP contribution in [-0.4, -0.2) is 24.5 Å². The summed E-state index contributed by atoms with van der Waals surface area (Å²) in [6, 6.07) is 9.07. The van der Waals surface area contributed by atoms with Crippen molar-refractivity contribution in [2.75, 3.05) is 19.6 Å². The van der Waals surface area contributed by atoms with Gasteiger partial charge in [-0.15, -0.1) is 0 Å². The highest BCUT2D eigenvalue weighted by Gasteiger charge is 2.19. The van der Waals surface area contributed by atoms with Crippen LogP contribution in [0.1, 0.15) is 58.1 Å². The Morgan fingerprint density at radius 1 is 1.15 bits per heavy atom. The maximum absolute atomic E-state index is 5.87. The molecule has 0 spiro atoms. The molecule has 0 aliphatic carbocycles. The van der Waals surface area contributed by atoms with Gasteiger partial charge in [-0.25, -0.2) is 0 Å². The van der Waals surface area contributed by atoms with Crippen LogP contribution in [0.5, 0.6) is 0 Å². The van der Waals surface area contributed by atoms with Gasteiger partial charge in [-0.05, 0) is 42.0 Å². The summed E-state index contributed by atoms with van der Waals surface area (Å²) in [5, 5.41) is 0. The van der Waals surface area contributed by atoms with Gasteiger partial charge in [0.2, 0.25) is 0 Å². The summed E-state index contributed by atoms with van der Waals surface area (Å²) in [5.41, 5.74) is 8.87. The Kier molecular flexibility index (Phi) is 6.70. The third kappa shape index (κ3) is 5.64. The molecule has 0 saturated carbocycles. The Morgan fingerprint density at radius 3 is 2.20 bits per heavy atom. The average molecular weight is 276 g/mol. The quantitative estimate of drug-likeness (QED) is 0.777. The first-order valence-corrected chi connectivity index (χ1v) is 7.89. The second kappa shape index (κ2) is 7.80. The fourth-order valence-corrected chi connectivity index (χ4v) is 2.47. The maximum atomic E-state index is 5.87. The molecule has 1 aromatic carbocycles. The van der Waals surface area contributed by atoms with Crippen molar-refractivity contribution in [3.8, 4) is 0 Å². The zero-order chi connectivity index (χ0) is 15.2. The van der Waals surface area contributed by atoms with Gasteiger partial charge in [0, 0.05) is 13.1 Å². The monoisotopic (exact) mass is 276 g/mol. The molecule has 2 heteroatoms. The van der Waals surface area contributed by atoms with Crippen LogP contribution >= 0.6 is 0 Å². The van der Waals surface area contributed by atoms with E-state index >= 15 is 0 Å². The summed E-state index contributed by atoms with van der Waals surface area (Å²) >= 11 is 0. The van der Waals surface area contributed by atoms with Gasteiger partial charge in [0.1, 0.15) is 0 Å². The van der Waals surface area contributed by atoms with Crippen molar-refractivity contribution >= 4 is 0 Å². The second-order valence-electron chi connectivity index (χ2n) is 6.98. The molecule has 0 heterocycles. The van der Waals surface area contributed by atoms with Crippen LogP contribution in [0, 0.1) is 5.41 Å². The molecule has 0 aliphatic heterocycles. The molecule has 20 heavy (non-hydrogen) atoms. The van der Waals surface area contributed by atoms with Crippen molar-refractivity contribution in [2.45, 2.75) is 53.5 Å². The fourth-order valence-electron chi connectivity index (χ4n) is 2.47. The first-order valence-electron chi connectivity index (χ1n) is 7.89. The van der Waals surface area contributed by atoms with Crippen molar-refractivity contribution in [1.29, 1.82) is 0 Å². The lowest BCUT2D eigenvalue weighted by Gasteiger charge is -2.31. The molecule has 0 radical (unpaired) electrons. The first kappa shape index (κ1) is 17.2. The number of hydrogen-bond donors (Lipinski definition) is 1. The van der Waals surface area contributed by atoms with Gasteiger partial charge in [-0.1, -0.05) is 58.9 Å². The standard InChI is InChI=1S/C18H32N2/c1-6-11-20(14-18(4,5)13-19)12-16-7-9-17(10-8-16)15(2)3/h7-10,15H,6,11-14,19H2,1-5H3. The van der Waals surface area contributed by atoms with E-state index in [0.29, 0.717) is 5.92 Å². The van der Waals surface area contributed by atoms with Crippen LogP contribution in [0.4, 0.5) is 0 Å². The predicted molar refractivity (Wildman–Crippen MR) is 88.9 cm³/mol. The number of nitrogens with two attached hydrogens (primary N) is 1. The van der Waals surface area contributed by atoms with Gasteiger partial charge < -0.3 is 5.73 Å². The molecule has 0 unspecified atom stereocenters. The number of nitrogens with zero attached hydrogens (tertiary/aromatic N) is 1. The van der Waals surface area contributed by atoms with Crippen LogP contribution in [-0.2, 0) is 6.54 Å². The van der Waals surface area contributed by atoms with E-state index in [4.69, 9.17) is 5.73 Å². The largest absolute Gasteiger partial charge is 0.330 e. The van der Waals surface area contributed by atoms with Crippen molar-refractivity contribution in [3.63, 3.8) is 0 Å². The Balaban J connectivity index is 2.69. The second-order valence-corrected chi connectivity index (χ2v) is 6.98. The van der Waals surface area contributed by atoms with Gasteiger partial charge in [0.05, 0.1) is 0 Å². The Bertz CT molecular complexity index is 379. The van der Waals surface area contributed by atoms with Crippen molar-refractivity contribution < 1.29 is 0 Å². The van der Waals surface area contributed by atoms with E-state index < -0.39 is 0 Å². The van der Waals surface area contributed by atoms with E-state index in [1.807, 2.05) is 0 Å². The molecule has 2 nitrogen and oxygen atoms in total. The fraction of sp³-hybridized carbons (Fsp3) is 0.667. The minimum atomic E-state index is 0.188.